The molecule has 0 unspecified atom stereocenters. The van der Waals surface area contributed by atoms with E-state index in [0.29, 0.717) is 25.9 Å². The summed E-state index contributed by atoms with van der Waals surface area (Å²) in [7, 11) is -3.77. The summed E-state index contributed by atoms with van der Waals surface area (Å²) in [5.41, 5.74) is 0. The zero-order valence-corrected chi connectivity index (χ0v) is 18.9. The minimum absolute atomic E-state index is 0.0307. The van der Waals surface area contributed by atoms with Gasteiger partial charge in [0.25, 0.3) is 0 Å². The highest BCUT2D eigenvalue weighted by Crippen LogP contribution is 2.26. The first-order valence-corrected chi connectivity index (χ1v) is 12.7. The third-order valence-electron chi connectivity index (χ3n) is 6.38. The van der Waals surface area contributed by atoms with E-state index in [-0.39, 0.29) is 23.4 Å². The number of amides is 1. The van der Waals surface area contributed by atoms with Crippen LogP contribution in [0.15, 0.2) is 52.0 Å². The number of furan rings is 1. The van der Waals surface area contributed by atoms with Crippen molar-refractivity contribution in [3.8, 4) is 0 Å². The predicted molar refractivity (Wildman–Crippen MR) is 118 cm³/mol. The maximum atomic E-state index is 13.2. The van der Waals surface area contributed by atoms with Gasteiger partial charge in [0, 0.05) is 19.6 Å². The molecule has 2 aliphatic rings. The van der Waals surface area contributed by atoms with E-state index < -0.39 is 21.8 Å². The summed E-state index contributed by atoms with van der Waals surface area (Å²) in [4.78, 5) is 15.4. The Morgan fingerprint density at radius 3 is 2.53 bits per heavy atom. The molecule has 0 bridgehead atoms. The topological polar surface area (TPSA) is 82.9 Å². The smallest absolute Gasteiger partial charge is 0.243 e. The largest absolute Gasteiger partial charge is 0.468 e. The molecule has 0 aliphatic carbocycles. The van der Waals surface area contributed by atoms with Crippen molar-refractivity contribution in [3.05, 3.63) is 54.2 Å². The van der Waals surface area contributed by atoms with E-state index in [1.54, 1.807) is 6.26 Å². The molecule has 0 radical (unpaired) electrons. The van der Waals surface area contributed by atoms with Crippen molar-refractivity contribution in [1.82, 2.24) is 14.5 Å². The van der Waals surface area contributed by atoms with Gasteiger partial charge in [-0.2, -0.15) is 4.31 Å². The normalized spacial score (nSPS) is 21.8. The molecule has 0 saturated carbocycles. The van der Waals surface area contributed by atoms with Crippen LogP contribution in [0.25, 0.3) is 0 Å². The van der Waals surface area contributed by atoms with Crippen LogP contribution in [-0.2, 0) is 14.8 Å². The lowest BCUT2D eigenvalue weighted by Gasteiger charge is -2.34. The molecule has 32 heavy (non-hydrogen) atoms. The number of benzene rings is 1. The first kappa shape index (κ1) is 22.9. The predicted octanol–water partition coefficient (Wildman–Crippen LogP) is 3.16. The number of halogens is 1. The Kier molecular flexibility index (Phi) is 7.27. The van der Waals surface area contributed by atoms with Crippen LogP contribution in [0.1, 0.15) is 43.9 Å². The molecule has 2 fully saturated rings. The highest BCUT2D eigenvalue weighted by atomic mass is 32.2. The zero-order valence-electron chi connectivity index (χ0n) is 18.1. The van der Waals surface area contributed by atoms with Gasteiger partial charge in [-0.1, -0.05) is 6.42 Å². The number of carbonyl (C=O) groups excluding carboxylic acids is 1. The molecule has 0 spiro atoms. The van der Waals surface area contributed by atoms with E-state index >= 15 is 0 Å². The van der Waals surface area contributed by atoms with Crippen LogP contribution < -0.4 is 5.32 Å². The molecule has 2 saturated heterocycles. The van der Waals surface area contributed by atoms with E-state index in [1.807, 2.05) is 12.1 Å². The fourth-order valence-corrected chi connectivity index (χ4v) is 6.12. The molecule has 2 aliphatic heterocycles. The van der Waals surface area contributed by atoms with Crippen molar-refractivity contribution < 1.29 is 22.0 Å². The van der Waals surface area contributed by atoms with Crippen LogP contribution >= 0.6 is 0 Å². The number of hydrogen-bond acceptors (Lipinski definition) is 5. The van der Waals surface area contributed by atoms with E-state index in [0.717, 1.165) is 43.8 Å². The summed E-state index contributed by atoms with van der Waals surface area (Å²) in [6, 6.07) is 8.56. The molecule has 2 atom stereocenters. The summed E-state index contributed by atoms with van der Waals surface area (Å²) in [5.74, 6) is -0.217. The molecule has 1 amide bonds. The minimum atomic E-state index is -3.77. The van der Waals surface area contributed by atoms with Crippen LogP contribution in [0.4, 0.5) is 4.39 Å². The van der Waals surface area contributed by atoms with Gasteiger partial charge in [-0.3, -0.25) is 9.69 Å². The van der Waals surface area contributed by atoms with Gasteiger partial charge in [0.1, 0.15) is 11.6 Å². The zero-order chi connectivity index (χ0) is 22.6. The van der Waals surface area contributed by atoms with Gasteiger partial charge in [0.05, 0.1) is 23.1 Å². The first-order chi connectivity index (χ1) is 15.4. The van der Waals surface area contributed by atoms with Crippen molar-refractivity contribution in [2.45, 2.75) is 43.0 Å². The number of likely N-dealkylation sites (tertiary alicyclic amines) is 1. The molecule has 7 nitrogen and oxygen atoms in total. The molecule has 174 valence electrons. The van der Waals surface area contributed by atoms with Crippen LogP contribution in [0.3, 0.4) is 0 Å². The van der Waals surface area contributed by atoms with E-state index in [4.69, 9.17) is 4.42 Å². The standard InChI is InChI=1S/C23H30FN3O4S/c24-19-8-10-20(11-9-19)32(29,30)27-14-4-6-18(17-27)23(28)25-16-21(22-7-5-15-31-22)26-12-2-1-3-13-26/h5,7-11,15,18,21H,1-4,6,12-14,16-17H2,(H,25,28)/t18-,21-/m0/s1. The molecule has 1 aromatic heterocycles. The van der Waals surface area contributed by atoms with E-state index in [1.165, 1.54) is 22.9 Å². The van der Waals surface area contributed by atoms with Crippen molar-refractivity contribution >= 4 is 15.9 Å². The fourth-order valence-electron chi connectivity index (χ4n) is 4.59. The fraction of sp³-hybridized carbons (Fsp3) is 0.522. The Morgan fingerprint density at radius 2 is 1.84 bits per heavy atom. The van der Waals surface area contributed by atoms with Gasteiger partial charge in [-0.25, -0.2) is 12.8 Å². The first-order valence-electron chi connectivity index (χ1n) is 11.3. The molecule has 2 aromatic rings. The monoisotopic (exact) mass is 463 g/mol. The summed E-state index contributed by atoms with van der Waals surface area (Å²) >= 11 is 0. The van der Waals surface area contributed by atoms with Gasteiger partial charge in [0.2, 0.25) is 15.9 Å². The van der Waals surface area contributed by atoms with Gasteiger partial charge in [-0.15, -0.1) is 0 Å². The third kappa shape index (κ3) is 5.22. The SMILES string of the molecule is O=C(NC[C@@H](c1ccco1)N1CCCCC1)[C@H]1CCCN(S(=O)(=O)c2ccc(F)cc2)C1. The quantitative estimate of drug-likeness (QED) is 0.682. The van der Waals surface area contributed by atoms with Gasteiger partial charge < -0.3 is 9.73 Å². The number of hydrogen-bond donors (Lipinski definition) is 1. The molecule has 4 rings (SSSR count). The highest BCUT2D eigenvalue weighted by Gasteiger charge is 2.34. The van der Waals surface area contributed by atoms with E-state index in [2.05, 4.69) is 10.2 Å². The average molecular weight is 464 g/mol. The number of piperidine rings is 2. The lowest BCUT2D eigenvalue weighted by Crippen LogP contribution is -2.47. The second-order valence-corrected chi connectivity index (χ2v) is 10.5. The number of rotatable bonds is 7. The summed E-state index contributed by atoms with van der Waals surface area (Å²) in [6.07, 6.45) is 6.36. The maximum absolute atomic E-state index is 13.2. The lowest BCUT2D eigenvalue weighted by molar-refractivity contribution is -0.126. The van der Waals surface area contributed by atoms with Crippen LogP contribution in [0.2, 0.25) is 0 Å². The highest BCUT2D eigenvalue weighted by molar-refractivity contribution is 7.89. The molecule has 1 aromatic carbocycles. The Morgan fingerprint density at radius 1 is 1.09 bits per heavy atom. The summed E-state index contributed by atoms with van der Waals surface area (Å²) < 4.78 is 46.1. The van der Waals surface area contributed by atoms with Gasteiger partial charge >= 0.3 is 0 Å². The van der Waals surface area contributed by atoms with Crippen molar-refractivity contribution in [2.75, 3.05) is 32.7 Å². The number of sulfonamides is 1. The molecule has 1 N–H and O–H groups in total. The number of carbonyl (C=O) groups is 1. The Hall–Kier alpha value is -2.23. The van der Waals surface area contributed by atoms with Gasteiger partial charge in [0.15, 0.2) is 0 Å². The van der Waals surface area contributed by atoms with Crippen molar-refractivity contribution in [2.24, 2.45) is 5.92 Å². The number of nitrogens with zero attached hydrogens (tertiary/aromatic N) is 2. The lowest BCUT2D eigenvalue weighted by atomic mass is 9.98. The van der Waals surface area contributed by atoms with Crippen molar-refractivity contribution in [3.63, 3.8) is 0 Å². The average Bonchev–Trinajstić information content (AvgIpc) is 3.35. The molecule has 9 heteroatoms. The second kappa shape index (κ2) is 10.1. The van der Waals surface area contributed by atoms with Crippen molar-refractivity contribution in [1.29, 1.82) is 0 Å². The Labute approximate surface area is 188 Å². The molecular formula is C23H30FN3O4S. The minimum Gasteiger partial charge on any atom is -0.468 e. The van der Waals surface area contributed by atoms with Crippen LogP contribution in [0.5, 0.6) is 0 Å². The molecular weight excluding hydrogens is 433 g/mol. The Bertz CT molecular complexity index is 989. The molecule has 3 heterocycles. The summed E-state index contributed by atoms with van der Waals surface area (Å²) in [6.45, 7) is 2.84. The van der Waals surface area contributed by atoms with E-state index in [9.17, 15) is 17.6 Å². The maximum Gasteiger partial charge on any atom is 0.243 e. The third-order valence-corrected chi connectivity index (χ3v) is 8.26. The number of nitrogens with one attached hydrogen (secondary N) is 1. The van der Waals surface area contributed by atoms with Gasteiger partial charge in [-0.05, 0) is 75.2 Å². The summed E-state index contributed by atoms with van der Waals surface area (Å²) in [5, 5.41) is 3.05. The Balaban J connectivity index is 1.39. The second-order valence-electron chi connectivity index (χ2n) is 8.53. The van der Waals surface area contributed by atoms with Crippen LogP contribution in [-0.4, -0.2) is 56.3 Å². The van der Waals surface area contributed by atoms with Crippen LogP contribution in [0, 0.1) is 11.7 Å².